The zero-order valence-electron chi connectivity index (χ0n) is 16.0. The Morgan fingerprint density at radius 1 is 1.23 bits per heavy atom. The van der Waals surface area contributed by atoms with E-state index in [2.05, 4.69) is 25.7 Å². The topological polar surface area (TPSA) is 62.2 Å². The van der Waals surface area contributed by atoms with Gasteiger partial charge in [0.2, 0.25) is 6.79 Å². The zero-order valence-corrected chi connectivity index (χ0v) is 16.0. The smallest absolute Gasteiger partial charge is 0.254 e. The summed E-state index contributed by atoms with van der Waals surface area (Å²) in [5.74, 6) is 1.95. The lowest BCUT2D eigenvalue weighted by atomic mass is 9.88. The van der Waals surface area contributed by atoms with E-state index in [0.717, 1.165) is 26.1 Å². The first-order valence-corrected chi connectivity index (χ1v) is 9.66. The van der Waals surface area contributed by atoms with Crippen LogP contribution in [-0.2, 0) is 0 Å². The van der Waals surface area contributed by atoms with Gasteiger partial charge in [0.1, 0.15) is 0 Å². The molecule has 1 N–H and O–H groups in total. The zero-order chi connectivity index (χ0) is 18.7. The summed E-state index contributed by atoms with van der Waals surface area (Å²) in [5.41, 5.74) is 0.589. The Kier molecular flexibility index (Phi) is 6.04. The molecule has 1 fully saturated rings. The van der Waals surface area contributed by atoms with E-state index in [1.807, 2.05) is 4.90 Å². The molecule has 6 nitrogen and oxygen atoms in total. The number of hydrogen-bond donors (Lipinski definition) is 1. The second kappa shape index (κ2) is 8.27. The van der Waals surface area contributed by atoms with Gasteiger partial charge in [-0.3, -0.25) is 4.79 Å². The number of ether oxygens (including phenoxy) is 2. The number of benzene rings is 1. The van der Waals surface area contributed by atoms with Gasteiger partial charge in [-0.25, -0.2) is 0 Å². The molecule has 1 amide bonds. The number of aliphatic hydroxyl groups is 1. The van der Waals surface area contributed by atoms with Gasteiger partial charge >= 0.3 is 0 Å². The highest BCUT2D eigenvalue weighted by Gasteiger charge is 2.43. The molecule has 0 aliphatic carbocycles. The average molecular weight is 362 g/mol. The SMILES string of the molecule is CC[C@@H]1CN(C(=O)c2ccc3c(c2)OCO3)[C@H](CO)[C@@H]1CN(CC)CC. The maximum Gasteiger partial charge on any atom is 0.254 e. The van der Waals surface area contributed by atoms with E-state index in [-0.39, 0.29) is 25.3 Å². The van der Waals surface area contributed by atoms with Gasteiger partial charge in [0, 0.05) is 18.7 Å². The number of amides is 1. The van der Waals surface area contributed by atoms with Crippen LogP contribution < -0.4 is 9.47 Å². The summed E-state index contributed by atoms with van der Waals surface area (Å²) < 4.78 is 10.7. The molecule has 2 aliphatic heterocycles. The summed E-state index contributed by atoms with van der Waals surface area (Å²) in [7, 11) is 0. The van der Waals surface area contributed by atoms with E-state index < -0.39 is 0 Å². The quantitative estimate of drug-likeness (QED) is 0.806. The molecule has 0 aromatic heterocycles. The van der Waals surface area contributed by atoms with Gasteiger partial charge in [-0.05, 0) is 43.1 Å². The molecule has 0 radical (unpaired) electrons. The summed E-state index contributed by atoms with van der Waals surface area (Å²) in [6, 6.07) is 5.17. The van der Waals surface area contributed by atoms with E-state index in [1.165, 1.54) is 0 Å². The van der Waals surface area contributed by atoms with Crippen LogP contribution in [0.5, 0.6) is 11.5 Å². The minimum atomic E-state index is -0.140. The molecular formula is C20H30N2O4. The lowest BCUT2D eigenvalue weighted by molar-refractivity contribution is 0.0619. The molecule has 0 saturated carbocycles. The van der Waals surface area contributed by atoms with E-state index in [9.17, 15) is 9.90 Å². The van der Waals surface area contributed by atoms with Crippen LogP contribution >= 0.6 is 0 Å². The Morgan fingerprint density at radius 3 is 2.62 bits per heavy atom. The fraction of sp³-hybridized carbons (Fsp3) is 0.650. The molecule has 0 bridgehead atoms. The van der Waals surface area contributed by atoms with Crippen LogP contribution in [0.25, 0.3) is 0 Å². The molecule has 1 saturated heterocycles. The molecule has 3 atom stereocenters. The Labute approximate surface area is 155 Å². The van der Waals surface area contributed by atoms with Crippen LogP contribution in [0.15, 0.2) is 18.2 Å². The first kappa shape index (κ1) is 19.0. The van der Waals surface area contributed by atoms with Crippen LogP contribution in [0.3, 0.4) is 0 Å². The Morgan fingerprint density at radius 2 is 1.96 bits per heavy atom. The van der Waals surface area contributed by atoms with Crippen LogP contribution in [0, 0.1) is 11.8 Å². The summed E-state index contributed by atoms with van der Waals surface area (Å²) >= 11 is 0. The summed E-state index contributed by atoms with van der Waals surface area (Å²) in [5, 5.41) is 10.1. The molecule has 2 heterocycles. The maximum absolute atomic E-state index is 13.2. The van der Waals surface area contributed by atoms with E-state index in [4.69, 9.17) is 9.47 Å². The first-order chi connectivity index (χ1) is 12.6. The van der Waals surface area contributed by atoms with Gasteiger partial charge < -0.3 is 24.4 Å². The van der Waals surface area contributed by atoms with E-state index >= 15 is 0 Å². The van der Waals surface area contributed by atoms with Crippen molar-refractivity contribution in [3.8, 4) is 11.5 Å². The van der Waals surface area contributed by atoms with Crippen LogP contribution in [0.1, 0.15) is 37.6 Å². The largest absolute Gasteiger partial charge is 0.454 e. The van der Waals surface area contributed by atoms with Gasteiger partial charge in [0.05, 0.1) is 12.6 Å². The van der Waals surface area contributed by atoms with Gasteiger partial charge in [-0.15, -0.1) is 0 Å². The van der Waals surface area contributed by atoms with Gasteiger partial charge in [-0.2, -0.15) is 0 Å². The van der Waals surface area contributed by atoms with Crippen LogP contribution in [-0.4, -0.2) is 66.4 Å². The third kappa shape index (κ3) is 3.53. The Balaban J connectivity index is 1.81. The number of rotatable bonds is 7. The number of nitrogens with zero attached hydrogens (tertiary/aromatic N) is 2. The minimum Gasteiger partial charge on any atom is -0.454 e. The van der Waals surface area contributed by atoms with Crippen molar-refractivity contribution < 1.29 is 19.4 Å². The van der Waals surface area contributed by atoms with Crippen molar-refractivity contribution in [2.75, 3.05) is 39.6 Å². The van der Waals surface area contributed by atoms with Gasteiger partial charge in [0.25, 0.3) is 5.91 Å². The van der Waals surface area contributed by atoms with Crippen LogP contribution in [0.2, 0.25) is 0 Å². The van der Waals surface area contributed by atoms with E-state index in [0.29, 0.717) is 35.4 Å². The van der Waals surface area contributed by atoms with Crippen molar-refractivity contribution in [2.45, 2.75) is 33.2 Å². The van der Waals surface area contributed by atoms with Crippen molar-refractivity contribution in [1.82, 2.24) is 9.80 Å². The highest BCUT2D eigenvalue weighted by molar-refractivity contribution is 5.95. The molecule has 0 spiro atoms. The molecule has 3 rings (SSSR count). The number of hydrogen-bond acceptors (Lipinski definition) is 5. The molecule has 0 unspecified atom stereocenters. The van der Waals surface area contributed by atoms with Gasteiger partial charge in [0.15, 0.2) is 11.5 Å². The fourth-order valence-electron chi connectivity index (χ4n) is 4.21. The second-order valence-electron chi connectivity index (χ2n) is 7.09. The summed E-state index contributed by atoms with van der Waals surface area (Å²) in [6.07, 6.45) is 1.01. The van der Waals surface area contributed by atoms with Crippen molar-refractivity contribution in [3.63, 3.8) is 0 Å². The molecule has 26 heavy (non-hydrogen) atoms. The second-order valence-corrected chi connectivity index (χ2v) is 7.09. The van der Waals surface area contributed by atoms with Gasteiger partial charge in [-0.1, -0.05) is 27.2 Å². The monoisotopic (exact) mass is 362 g/mol. The highest BCUT2D eigenvalue weighted by Crippen LogP contribution is 2.36. The average Bonchev–Trinajstić information content (AvgIpc) is 3.28. The predicted octanol–water partition coefficient (Wildman–Crippen LogP) is 2.22. The maximum atomic E-state index is 13.2. The lowest BCUT2D eigenvalue weighted by Gasteiger charge is -2.31. The number of aliphatic hydroxyl groups excluding tert-OH is 1. The molecule has 6 heteroatoms. The minimum absolute atomic E-state index is 0.00126. The normalized spacial score (nSPS) is 24.5. The highest BCUT2D eigenvalue weighted by atomic mass is 16.7. The number of likely N-dealkylation sites (tertiary alicyclic amines) is 1. The first-order valence-electron chi connectivity index (χ1n) is 9.66. The molecule has 1 aromatic rings. The number of carbonyl (C=O) groups excluding carboxylic acids is 1. The predicted molar refractivity (Wildman–Crippen MR) is 99.5 cm³/mol. The molecule has 1 aromatic carbocycles. The Hall–Kier alpha value is -1.79. The van der Waals surface area contributed by atoms with Crippen molar-refractivity contribution in [2.24, 2.45) is 11.8 Å². The van der Waals surface area contributed by atoms with Crippen molar-refractivity contribution in [3.05, 3.63) is 23.8 Å². The van der Waals surface area contributed by atoms with Crippen molar-refractivity contribution in [1.29, 1.82) is 0 Å². The lowest BCUT2D eigenvalue weighted by Crippen LogP contribution is -2.43. The molecular weight excluding hydrogens is 332 g/mol. The fourth-order valence-corrected chi connectivity index (χ4v) is 4.21. The van der Waals surface area contributed by atoms with E-state index in [1.54, 1.807) is 18.2 Å². The standard InChI is InChI=1S/C20H30N2O4/c1-4-14-10-22(17(12-23)16(14)11-21(5-2)6-3)20(24)15-7-8-18-19(9-15)26-13-25-18/h7-9,14,16-17,23H,4-6,10-13H2,1-3H3/t14-,16-,17-/m1/s1. The summed E-state index contributed by atoms with van der Waals surface area (Å²) in [6.45, 7) is 10.3. The third-order valence-corrected chi connectivity index (χ3v) is 5.89. The number of fused-ring (bicyclic) bond motifs is 1. The third-order valence-electron chi connectivity index (χ3n) is 5.89. The number of carbonyl (C=O) groups is 1. The molecule has 2 aliphatic rings. The van der Waals surface area contributed by atoms with Crippen molar-refractivity contribution >= 4 is 5.91 Å². The van der Waals surface area contributed by atoms with Crippen LogP contribution in [0.4, 0.5) is 0 Å². The molecule has 144 valence electrons. The Bertz CT molecular complexity index is 632. The summed E-state index contributed by atoms with van der Waals surface area (Å²) in [4.78, 5) is 17.4.